The Hall–Kier alpha value is -4.19. The van der Waals surface area contributed by atoms with Crippen LogP contribution in [0.4, 0.5) is 5.69 Å². The van der Waals surface area contributed by atoms with Crippen LogP contribution in [0.25, 0.3) is 17.0 Å². The van der Waals surface area contributed by atoms with E-state index in [1.165, 1.54) is 17.7 Å². The molecule has 1 aromatic heterocycles. The third-order valence-corrected chi connectivity index (χ3v) is 5.96. The molecule has 2 heterocycles. The van der Waals surface area contributed by atoms with E-state index in [0.29, 0.717) is 6.54 Å². The molecule has 1 N–H and O–H groups in total. The highest BCUT2D eigenvalue weighted by molar-refractivity contribution is 5.93. The molecular formula is C26H21N3O3. The molecule has 0 radical (unpaired) electrons. The predicted octanol–water partition coefficient (Wildman–Crippen LogP) is 5.26. The van der Waals surface area contributed by atoms with Gasteiger partial charge in [-0.2, -0.15) is 0 Å². The quantitative estimate of drug-likeness (QED) is 0.276. The van der Waals surface area contributed by atoms with Crippen molar-refractivity contribution in [3.8, 4) is 0 Å². The van der Waals surface area contributed by atoms with Gasteiger partial charge in [0.05, 0.1) is 11.0 Å². The molecule has 0 spiro atoms. The molecule has 4 aromatic rings. The normalized spacial score (nSPS) is 15.8. The van der Waals surface area contributed by atoms with Gasteiger partial charge in [0.1, 0.15) is 0 Å². The van der Waals surface area contributed by atoms with Gasteiger partial charge in [0.2, 0.25) is 5.91 Å². The number of amides is 1. The number of fused-ring (bicyclic) bond motifs is 3. The van der Waals surface area contributed by atoms with E-state index in [1.54, 1.807) is 18.2 Å². The number of benzene rings is 3. The van der Waals surface area contributed by atoms with Crippen molar-refractivity contribution in [1.29, 1.82) is 0 Å². The van der Waals surface area contributed by atoms with Crippen LogP contribution in [0.5, 0.6) is 0 Å². The molecule has 1 unspecified atom stereocenters. The number of nitro groups is 1. The van der Waals surface area contributed by atoms with Crippen LogP contribution in [-0.4, -0.2) is 27.3 Å². The van der Waals surface area contributed by atoms with Gasteiger partial charge in [0.25, 0.3) is 5.69 Å². The molecule has 1 aliphatic heterocycles. The number of para-hydroxylation sites is 1. The number of carbonyl (C=O) groups excluding carboxylic acids is 1. The highest BCUT2D eigenvalue weighted by Crippen LogP contribution is 2.39. The SMILES string of the molecule is O=C(/C=C/c1ccccc1)N1CCc2c([nH]c3ccccc23)C1c1ccc([N+](=O)[O-])cc1. The van der Waals surface area contributed by atoms with Crippen molar-refractivity contribution in [2.45, 2.75) is 12.5 Å². The third-order valence-electron chi connectivity index (χ3n) is 5.96. The number of carbonyl (C=O) groups is 1. The lowest BCUT2D eigenvalue weighted by atomic mass is 9.92. The zero-order valence-corrected chi connectivity index (χ0v) is 17.3. The molecule has 1 amide bonds. The maximum absolute atomic E-state index is 13.3. The fraction of sp³-hybridized carbons (Fsp3) is 0.115. The molecule has 6 nitrogen and oxygen atoms in total. The van der Waals surface area contributed by atoms with Crippen LogP contribution in [0.2, 0.25) is 0 Å². The minimum atomic E-state index is -0.412. The van der Waals surface area contributed by atoms with Gasteiger partial charge in [0.15, 0.2) is 0 Å². The van der Waals surface area contributed by atoms with Crippen molar-refractivity contribution in [2.75, 3.05) is 6.54 Å². The van der Waals surface area contributed by atoms with Crippen molar-refractivity contribution < 1.29 is 9.72 Å². The second-order valence-corrected chi connectivity index (χ2v) is 7.84. The summed E-state index contributed by atoms with van der Waals surface area (Å²) >= 11 is 0. The lowest BCUT2D eigenvalue weighted by Crippen LogP contribution is -2.39. The number of aromatic nitrogens is 1. The maximum Gasteiger partial charge on any atom is 0.269 e. The standard InChI is InChI=1S/C26H21N3O3/c30-24(15-10-18-6-2-1-3-7-18)28-17-16-22-21-8-4-5-9-23(21)27-25(22)26(28)19-11-13-20(14-12-19)29(31)32/h1-15,26-27H,16-17H2/b15-10+. The number of non-ortho nitro benzene ring substituents is 1. The predicted molar refractivity (Wildman–Crippen MR) is 124 cm³/mol. The summed E-state index contributed by atoms with van der Waals surface area (Å²) < 4.78 is 0. The third kappa shape index (κ3) is 3.56. The first-order valence-corrected chi connectivity index (χ1v) is 10.5. The van der Waals surface area contributed by atoms with Gasteiger partial charge in [-0.25, -0.2) is 0 Å². The minimum Gasteiger partial charge on any atom is -0.356 e. The summed E-state index contributed by atoms with van der Waals surface area (Å²) in [5, 5.41) is 12.3. The van der Waals surface area contributed by atoms with Crippen LogP contribution in [-0.2, 0) is 11.2 Å². The van der Waals surface area contributed by atoms with E-state index >= 15 is 0 Å². The molecule has 0 fully saturated rings. The molecule has 6 heteroatoms. The molecule has 1 aliphatic rings. The summed E-state index contributed by atoms with van der Waals surface area (Å²) in [6.07, 6.45) is 4.16. The number of nitrogens with zero attached hydrogens (tertiary/aromatic N) is 2. The van der Waals surface area contributed by atoms with E-state index in [9.17, 15) is 14.9 Å². The van der Waals surface area contributed by atoms with Crippen molar-refractivity contribution in [1.82, 2.24) is 9.88 Å². The largest absolute Gasteiger partial charge is 0.356 e. The van der Waals surface area contributed by atoms with Gasteiger partial charge in [0, 0.05) is 41.4 Å². The summed E-state index contributed by atoms with van der Waals surface area (Å²) in [6.45, 7) is 0.564. The highest BCUT2D eigenvalue weighted by atomic mass is 16.6. The fourth-order valence-electron chi connectivity index (χ4n) is 4.43. The molecule has 0 bridgehead atoms. The van der Waals surface area contributed by atoms with E-state index in [0.717, 1.165) is 34.1 Å². The van der Waals surface area contributed by atoms with Crippen LogP contribution in [0, 0.1) is 10.1 Å². The second-order valence-electron chi connectivity index (χ2n) is 7.84. The zero-order valence-electron chi connectivity index (χ0n) is 17.3. The van der Waals surface area contributed by atoms with Crippen molar-refractivity contribution in [2.24, 2.45) is 0 Å². The molecular weight excluding hydrogens is 402 g/mol. The van der Waals surface area contributed by atoms with E-state index in [4.69, 9.17) is 0 Å². The summed E-state index contributed by atoms with van der Waals surface area (Å²) in [7, 11) is 0. The fourth-order valence-corrected chi connectivity index (χ4v) is 4.43. The average molecular weight is 423 g/mol. The van der Waals surface area contributed by atoms with E-state index in [-0.39, 0.29) is 17.6 Å². The van der Waals surface area contributed by atoms with Gasteiger partial charge in [-0.1, -0.05) is 48.5 Å². The zero-order chi connectivity index (χ0) is 22.1. The number of rotatable bonds is 4. The molecule has 3 aromatic carbocycles. The van der Waals surface area contributed by atoms with Gasteiger partial charge >= 0.3 is 0 Å². The number of aromatic amines is 1. The van der Waals surface area contributed by atoms with Crippen molar-refractivity contribution in [3.05, 3.63) is 117 Å². The summed E-state index contributed by atoms with van der Waals surface area (Å²) in [5.41, 5.74) is 5.01. The van der Waals surface area contributed by atoms with Gasteiger partial charge < -0.3 is 9.88 Å². The molecule has 32 heavy (non-hydrogen) atoms. The summed E-state index contributed by atoms with van der Waals surface area (Å²) in [6, 6.07) is 23.9. The van der Waals surface area contributed by atoms with Crippen LogP contribution < -0.4 is 0 Å². The Bertz CT molecular complexity index is 1320. The number of nitrogens with one attached hydrogen (secondary N) is 1. The Morgan fingerprint density at radius 1 is 1.00 bits per heavy atom. The van der Waals surface area contributed by atoms with Crippen LogP contribution in [0.3, 0.4) is 0 Å². The lowest BCUT2D eigenvalue weighted by Gasteiger charge is -2.35. The lowest BCUT2D eigenvalue weighted by molar-refractivity contribution is -0.384. The molecule has 158 valence electrons. The highest BCUT2D eigenvalue weighted by Gasteiger charge is 2.33. The van der Waals surface area contributed by atoms with E-state index < -0.39 is 4.92 Å². The average Bonchev–Trinajstić information content (AvgIpc) is 3.21. The first-order valence-electron chi connectivity index (χ1n) is 10.5. The first kappa shape index (κ1) is 19.8. The Morgan fingerprint density at radius 3 is 2.47 bits per heavy atom. The molecule has 0 saturated heterocycles. The molecule has 5 rings (SSSR count). The van der Waals surface area contributed by atoms with Crippen LogP contribution >= 0.6 is 0 Å². The number of nitro benzene ring substituents is 1. The minimum absolute atomic E-state index is 0.0308. The Morgan fingerprint density at radius 2 is 1.72 bits per heavy atom. The van der Waals surface area contributed by atoms with Gasteiger partial charge in [-0.3, -0.25) is 14.9 Å². The maximum atomic E-state index is 13.3. The second kappa shape index (κ2) is 8.15. The molecule has 1 atom stereocenters. The number of hydrogen-bond acceptors (Lipinski definition) is 3. The van der Waals surface area contributed by atoms with E-state index in [1.807, 2.05) is 59.5 Å². The summed E-state index contributed by atoms with van der Waals surface area (Å²) in [5.74, 6) is -0.0958. The molecule has 0 saturated carbocycles. The van der Waals surface area contributed by atoms with Crippen LogP contribution in [0.1, 0.15) is 28.4 Å². The monoisotopic (exact) mass is 423 g/mol. The Balaban J connectivity index is 1.57. The Kier molecular flexibility index (Phi) is 5.03. The number of hydrogen-bond donors (Lipinski definition) is 1. The smallest absolute Gasteiger partial charge is 0.269 e. The van der Waals surface area contributed by atoms with Gasteiger partial charge in [-0.05, 0) is 47.4 Å². The topological polar surface area (TPSA) is 79.2 Å². The van der Waals surface area contributed by atoms with Crippen LogP contribution in [0.15, 0.2) is 84.9 Å². The van der Waals surface area contributed by atoms with Crippen molar-refractivity contribution >= 4 is 28.6 Å². The van der Waals surface area contributed by atoms with Gasteiger partial charge in [-0.15, -0.1) is 0 Å². The Labute approximate surface area is 185 Å². The first-order chi connectivity index (χ1) is 15.6. The summed E-state index contributed by atoms with van der Waals surface area (Å²) in [4.78, 5) is 29.3. The van der Waals surface area contributed by atoms with E-state index in [2.05, 4.69) is 11.1 Å². The van der Waals surface area contributed by atoms with Crippen molar-refractivity contribution in [3.63, 3.8) is 0 Å². The molecule has 0 aliphatic carbocycles. The number of H-pyrrole nitrogens is 1.